The Morgan fingerprint density at radius 3 is 2.11 bits per heavy atom. The fourth-order valence-electron chi connectivity index (χ4n) is 5.69. The molecule has 0 unspecified atom stereocenters. The predicted molar refractivity (Wildman–Crippen MR) is 180 cm³/mol. The van der Waals surface area contributed by atoms with Crippen LogP contribution in [-0.4, -0.2) is 19.6 Å². The smallest absolute Gasteiger partial charge is 0.148 e. The summed E-state index contributed by atoms with van der Waals surface area (Å²) < 4.78 is 2.12. The molecule has 0 atom stereocenters. The van der Waals surface area contributed by atoms with E-state index in [9.17, 15) is 5.11 Å². The number of aromatic nitrogens is 3. The van der Waals surface area contributed by atoms with Crippen LogP contribution in [0, 0.1) is 6.07 Å². The van der Waals surface area contributed by atoms with E-state index >= 15 is 0 Å². The molecule has 0 bridgehead atoms. The molecule has 0 spiro atoms. The van der Waals surface area contributed by atoms with Gasteiger partial charge in [-0.05, 0) is 58.5 Å². The number of aromatic hydroxyl groups is 1. The number of imidazole rings is 1. The fourth-order valence-corrected chi connectivity index (χ4v) is 5.69. The van der Waals surface area contributed by atoms with Gasteiger partial charge in [-0.15, -0.1) is 29.8 Å². The normalized spacial score (nSPS) is 11.4. The Balaban J connectivity index is 0.00000357. The van der Waals surface area contributed by atoms with Crippen LogP contribution < -0.4 is 0 Å². The van der Waals surface area contributed by atoms with E-state index in [1.54, 1.807) is 0 Å². The molecule has 224 valence electrons. The van der Waals surface area contributed by atoms with Crippen LogP contribution in [-0.2, 0) is 26.5 Å². The van der Waals surface area contributed by atoms with Crippen LogP contribution in [0.5, 0.6) is 5.75 Å². The van der Waals surface area contributed by atoms with Gasteiger partial charge in [-0.1, -0.05) is 105 Å². The standard InChI is InChI=1S/C40H32N3O.Pt/c1-40(2,3)31-22-23-41-35(26-31)30-15-10-14-29(24-30)33-18-11-19-36-38(33)42-39(43(36)32-16-8-5-9-17-32)34-21-20-28(25-37(34)44)27-12-6-4-7-13-27;/h4-23,25-26,44H,1-3H3;/q-1;. The van der Waals surface area contributed by atoms with Gasteiger partial charge in [0.1, 0.15) is 11.6 Å². The number of hydrogen-bond acceptors (Lipinski definition) is 3. The summed E-state index contributed by atoms with van der Waals surface area (Å²) >= 11 is 0. The minimum Gasteiger partial charge on any atom is -0.507 e. The van der Waals surface area contributed by atoms with E-state index in [-0.39, 0.29) is 32.2 Å². The Hall–Kier alpha value is -4.79. The van der Waals surface area contributed by atoms with Crippen molar-refractivity contribution in [3.05, 3.63) is 145 Å². The Morgan fingerprint density at radius 1 is 0.667 bits per heavy atom. The van der Waals surface area contributed by atoms with E-state index in [1.807, 2.05) is 72.9 Å². The molecule has 2 aromatic heterocycles. The maximum absolute atomic E-state index is 11.4. The van der Waals surface area contributed by atoms with Crippen molar-refractivity contribution in [3.63, 3.8) is 0 Å². The van der Waals surface area contributed by atoms with Crippen molar-refractivity contribution in [1.29, 1.82) is 0 Å². The van der Waals surface area contributed by atoms with Crippen molar-refractivity contribution < 1.29 is 26.2 Å². The molecule has 1 N–H and O–H groups in total. The van der Waals surface area contributed by atoms with Gasteiger partial charge in [0.25, 0.3) is 0 Å². The number of nitrogens with zero attached hydrogens (tertiary/aromatic N) is 3. The monoisotopic (exact) mass is 765 g/mol. The molecule has 0 fully saturated rings. The molecule has 0 aliphatic rings. The first-order valence-electron chi connectivity index (χ1n) is 14.8. The maximum Gasteiger partial charge on any atom is 0.148 e. The third-order valence-electron chi connectivity index (χ3n) is 8.03. The van der Waals surface area contributed by atoms with Gasteiger partial charge in [-0.2, -0.15) is 0 Å². The van der Waals surface area contributed by atoms with Gasteiger partial charge in [0, 0.05) is 38.6 Å². The van der Waals surface area contributed by atoms with E-state index in [4.69, 9.17) is 4.98 Å². The minimum atomic E-state index is 0. The topological polar surface area (TPSA) is 50.9 Å². The molecular formula is C40H32N3OPt-. The van der Waals surface area contributed by atoms with Gasteiger partial charge in [0.15, 0.2) is 0 Å². The Bertz CT molecular complexity index is 2110. The van der Waals surface area contributed by atoms with Crippen molar-refractivity contribution in [2.75, 3.05) is 0 Å². The largest absolute Gasteiger partial charge is 0.507 e. The van der Waals surface area contributed by atoms with Gasteiger partial charge < -0.3 is 5.11 Å². The van der Waals surface area contributed by atoms with Crippen LogP contribution in [0.15, 0.2) is 134 Å². The predicted octanol–water partition coefficient (Wildman–Crippen LogP) is 9.89. The second-order valence-corrected chi connectivity index (χ2v) is 12.0. The first-order chi connectivity index (χ1) is 21.4. The zero-order valence-corrected chi connectivity index (χ0v) is 27.6. The third-order valence-corrected chi connectivity index (χ3v) is 8.03. The quantitative estimate of drug-likeness (QED) is 0.178. The number of para-hydroxylation sites is 2. The van der Waals surface area contributed by atoms with Crippen LogP contribution in [0.2, 0.25) is 0 Å². The molecule has 2 heterocycles. The summed E-state index contributed by atoms with van der Waals surface area (Å²) in [5, 5.41) is 11.4. The van der Waals surface area contributed by atoms with Crippen molar-refractivity contribution in [2.45, 2.75) is 26.2 Å². The van der Waals surface area contributed by atoms with Crippen molar-refractivity contribution in [3.8, 4) is 56.3 Å². The van der Waals surface area contributed by atoms with Crippen molar-refractivity contribution in [2.24, 2.45) is 0 Å². The van der Waals surface area contributed by atoms with E-state index in [2.05, 4.69) is 97.1 Å². The molecule has 4 nitrogen and oxygen atoms in total. The zero-order valence-electron chi connectivity index (χ0n) is 25.3. The van der Waals surface area contributed by atoms with Crippen LogP contribution in [0.1, 0.15) is 26.3 Å². The van der Waals surface area contributed by atoms with Gasteiger partial charge in [-0.3, -0.25) is 9.55 Å². The SMILES string of the molecule is CC(C)(C)c1ccnc(-c2[c-]c(-c3cccc4c3nc(-c3ccc(-c5ccccc5)cc3O)n4-c3ccccc3)ccc2)c1.[Pt]. The summed E-state index contributed by atoms with van der Waals surface area (Å²) in [5.74, 6) is 0.852. The summed E-state index contributed by atoms with van der Waals surface area (Å²) in [7, 11) is 0. The summed E-state index contributed by atoms with van der Waals surface area (Å²) in [4.78, 5) is 9.89. The van der Waals surface area contributed by atoms with E-state index in [0.717, 1.165) is 50.2 Å². The molecule has 0 saturated carbocycles. The molecule has 5 heteroatoms. The molecule has 7 aromatic rings. The van der Waals surface area contributed by atoms with Gasteiger partial charge in [0.2, 0.25) is 0 Å². The number of fused-ring (bicyclic) bond motifs is 1. The van der Waals surface area contributed by atoms with Gasteiger partial charge in [0.05, 0.1) is 16.6 Å². The number of pyridine rings is 1. The summed E-state index contributed by atoms with van der Waals surface area (Å²) in [5.41, 5.74) is 10.4. The number of hydrogen-bond donors (Lipinski definition) is 1. The number of benzene rings is 5. The van der Waals surface area contributed by atoms with E-state index < -0.39 is 0 Å². The molecule has 0 radical (unpaired) electrons. The molecule has 7 rings (SSSR count). The average Bonchev–Trinajstić information content (AvgIpc) is 3.45. The Labute approximate surface area is 278 Å². The number of phenolic OH excluding ortho intramolecular Hbond substituents is 1. The zero-order chi connectivity index (χ0) is 30.3. The third kappa shape index (κ3) is 5.86. The molecule has 0 amide bonds. The van der Waals surface area contributed by atoms with Crippen molar-refractivity contribution >= 4 is 11.0 Å². The average molecular weight is 766 g/mol. The second kappa shape index (κ2) is 12.3. The number of phenols is 1. The minimum absolute atomic E-state index is 0. The summed E-state index contributed by atoms with van der Waals surface area (Å²) in [6, 6.07) is 46.3. The van der Waals surface area contributed by atoms with Gasteiger partial charge >= 0.3 is 0 Å². The van der Waals surface area contributed by atoms with Crippen LogP contribution >= 0.6 is 0 Å². The Kier molecular flexibility index (Phi) is 8.27. The molecule has 0 aliphatic carbocycles. The van der Waals surface area contributed by atoms with E-state index in [1.165, 1.54) is 5.56 Å². The maximum atomic E-state index is 11.4. The first kappa shape index (κ1) is 30.2. The van der Waals surface area contributed by atoms with Crippen LogP contribution in [0.25, 0.3) is 61.6 Å². The molecule has 5 aromatic carbocycles. The number of rotatable bonds is 5. The van der Waals surface area contributed by atoms with E-state index in [0.29, 0.717) is 11.4 Å². The van der Waals surface area contributed by atoms with Gasteiger partial charge in [-0.25, -0.2) is 4.98 Å². The first-order valence-corrected chi connectivity index (χ1v) is 14.8. The van der Waals surface area contributed by atoms with Crippen molar-refractivity contribution in [1.82, 2.24) is 14.5 Å². The molecule has 0 aliphatic heterocycles. The summed E-state index contributed by atoms with van der Waals surface area (Å²) in [6.45, 7) is 6.63. The molecule has 45 heavy (non-hydrogen) atoms. The fraction of sp³-hybridized carbons (Fsp3) is 0.100. The van der Waals surface area contributed by atoms with Crippen LogP contribution in [0.4, 0.5) is 0 Å². The summed E-state index contributed by atoms with van der Waals surface area (Å²) in [6.07, 6.45) is 1.88. The van der Waals surface area contributed by atoms with Crippen LogP contribution in [0.3, 0.4) is 0 Å². The molecule has 0 saturated heterocycles. The molecular weight excluding hydrogens is 734 g/mol. The Morgan fingerprint density at radius 2 is 1.38 bits per heavy atom. The second-order valence-electron chi connectivity index (χ2n) is 12.0.